The Morgan fingerprint density at radius 1 is 1.24 bits per heavy atom. The van der Waals surface area contributed by atoms with Gasteiger partial charge in [-0.1, -0.05) is 36.5 Å². The van der Waals surface area contributed by atoms with Crippen LogP contribution in [-0.4, -0.2) is 31.4 Å². The molecular formula is C24H24N2O5S2. The number of carbonyl (C=O) groups excluding carboxylic acids is 1. The van der Waals surface area contributed by atoms with Gasteiger partial charge in [0.15, 0.2) is 16.3 Å². The quantitative estimate of drug-likeness (QED) is 0.481. The van der Waals surface area contributed by atoms with Crippen molar-refractivity contribution >= 4 is 34.7 Å². The first-order valence-electron chi connectivity index (χ1n) is 10.4. The normalized spacial score (nSPS) is 15.8. The number of benzene rings is 1. The number of para-hydroxylation sites is 1. The van der Waals surface area contributed by atoms with Crippen molar-refractivity contribution in [2.24, 2.45) is 4.99 Å². The molecule has 1 aliphatic rings. The Kier molecular flexibility index (Phi) is 6.80. The van der Waals surface area contributed by atoms with Crippen molar-refractivity contribution in [3.63, 3.8) is 0 Å². The first-order valence-corrected chi connectivity index (χ1v) is 12.1. The first kappa shape index (κ1) is 23.0. The minimum absolute atomic E-state index is 0.227. The first-order chi connectivity index (χ1) is 16.0. The minimum atomic E-state index is -0.763. The number of allylic oxidation sites excluding steroid dienone is 1. The summed E-state index contributed by atoms with van der Waals surface area (Å²) >= 11 is 2.84. The lowest BCUT2D eigenvalue weighted by Gasteiger charge is -2.26. The van der Waals surface area contributed by atoms with E-state index in [0.29, 0.717) is 44.3 Å². The number of rotatable bonds is 7. The fraction of sp³-hybridized carbons (Fsp3) is 0.292. The van der Waals surface area contributed by atoms with E-state index in [1.807, 2.05) is 42.6 Å². The lowest BCUT2D eigenvalue weighted by Crippen LogP contribution is -2.40. The molecule has 1 aliphatic heterocycles. The molecule has 0 saturated carbocycles. The summed E-state index contributed by atoms with van der Waals surface area (Å²) < 4.78 is 18.8. The topological polar surface area (TPSA) is 79.1 Å². The third-order valence-electron chi connectivity index (χ3n) is 5.22. The number of methoxy groups -OCH3 is 2. The molecule has 9 heteroatoms. The zero-order valence-electron chi connectivity index (χ0n) is 18.8. The van der Waals surface area contributed by atoms with E-state index < -0.39 is 12.0 Å². The number of fused-ring (bicyclic) bond motifs is 1. The molecule has 7 nitrogen and oxygen atoms in total. The van der Waals surface area contributed by atoms with Crippen LogP contribution in [0.3, 0.4) is 0 Å². The fourth-order valence-electron chi connectivity index (χ4n) is 3.76. The van der Waals surface area contributed by atoms with Gasteiger partial charge in [-0.3, -0.25) is 9.36 Å². The van der Waals surface area contributed by atoms with Crippen LogP contribution in [0.4, 0.5) is 0 Å². The van der Waals surface area contributed by atoms with Gasteiger partial charge in [-0.2, -0.15) is 0 Å². The summed E-state index contributed by atoms with van der Waals surface area (Å²) in [5, 5.41) is 1.96. The van der Waals surface area contributed by atoms with Crippen molar-refractivity contribution in [2.75, 3.05) is 20.8 Å². The number of hydrogen-bond donors (Lipinski definition) is 0. The van der Waals surface area contributed by atoms with E-state index in [1.54, 1.807) is 36.0 Å². The second kappa shape index (κ2) is 9.76. The average Bonchev–Trinajstić information content (AvgIpc) is 3.44. The summed E-state index contributed by atoms with van der Waals surface area (Å²) in [6, 6.07) is 8.58. The Labute approximate surface area is 198 Å². The molecule has 0 radical (unpaired) electrons. The van der Waals surface area contributed by atoms with Crippen molar-refractivity contribution in [3.05, 3.63) is 77.1 Å². The third-order valence-corrected chi connectivity index (χ3v) is 7.02. The highest BCUT2D eigenvalue weighted by Gasteiger charge is 2.35. The van der Waals surface area contributed by atoms with E-state index in [-0.39, 0.29) is 5.56 Å². The number of thiazole rings is 1. The van der Waals surface area contributed by atoms with Gasteiger partial charge in [0.05, 0.1) is 36.6 Å². The van der Waals surface area contributed by atoms with Crippen LogP contribution in [-0.2, 0) is 9.53 Å². The van der Waals surface area contributed by atoms with Gasteiger partial charge >= 0.3 is 5.97 Å². The van der Waals surface area contributed by atoms with E-state index in [4.69, 9.17) is 14.2 Å². The molecule has 33 heavy (non-hydrogen) atoms. The van der Waals surface area contributed by atoms with Crippen LogP contribution in [0.25, 0.3) is 6.08 Å². The molecule has 1 aromatic carbocycles. The van der Waals surface area contributed by atoms with Gasteiger partial charge in [0.25, 0.3) is 5.56 Å². The summed E-state index contributed by atoms with van der Waals surface area (Å²) in [6.45, 7) is 4.22. The van der Waals surface area contributed by atoms with Gasteiger partial charge in [-0.15, -0.1) is 11.3 Å². The van der Waals surface area contributed by atoms with Crippen molar-refractivity contribution in [3.8, 4) is 11.5 Å². The predicted molar refractivity (Wildman–Crippen MR) is 129 cm³/mol. The molecule has 0 fully saturated rings. The summed E-state index contributed by atoms with van der Waals surface area (Å²) in [5.74, 6) is 0.481. The summed E-state index contributed by atoms with van der Waals surface area (Å²) in [6.07, 6.45) is 2.64. The summed E-state index contributed by atoms with van der Waals surface area (Å²) in [7, 11) is 2.88. The molecule has 0 amide bonds. The van der Waals surface area contributed by atoms with Crippen molar-refractivity contribution in [1.82, 2.24) is 4.57 Å². The van der Waals surface area contributed by atoms with Gasteiger partial charge in [-0.05, 0) is 36.9 Å². The van der Waals surface area contributed by atoms with Crippen LogP contribution in [0, 0.1) is 0 Å². The maximum atomic E-state index is 13.6. The van der Waals surface area contributed by atoms with Crippen molar-refractivity contribution < 1.29 is 19.0 Å². The van der Waals surface area contributed by atoms with Crippen LogP contribution in [0.15, 0.2) is 56.8 Å². The number of aromatic nitrogens is 1. The Hall–Kier alpha value is -3.17. The van der Waals surface area contributed by atoms with Gasteiger partial charge in [0.2, 0.25) is 0 Å². The number of thiophene rings is 1. The highest BCUT2D eigenvalue weighted by molar-refractivity contribution is 7.11. The molecule has 3 heterocycles. The molecule has 1 atom stereocenters. The minimum Gasteiger partial charge on any atom is -0.493 e. The van der Waals surface area contributed by atoms with Gasteiger partial charge < -0.3 is 14.2 Å². The molecule has 0 aliphatic carbocycles. The van der Waals surface area contributed by atoms with Crippen LogP contribution in [0.2, 0.25) is 0 Å². The van der Waals surface area contributed by atoms with E-state index in [2.05, 4.69) is 4.99 Å². The highest BCUT2D eigenvalue weighted by atomic mass is 32.1. The third kappa shape index (κ3) is 4.26. The Balaban J connectivity index is 2.02. The van der Waals surface area contributed by atoms with Crippen LogP contribution >= 0.6 is 22.7 Å². The maximum Gasteiger partial charge on any atom is 0.338 e. The molecule has 0 N–H and O–H groups in total. The molecular weight excluding hydrogens is 460 g/mol. The predicted octanol–water partition coefficient (Wildman–Crippen LogP) is 3.27. The number of esters is 1. The fourth-order valence-corrected chi connectivity index (χ4v) is 5.53. The van der Waals surface area contributed by atoms with Crippen molar-refractivity contribution in [1.29, 1.82) is 0 Å². The van der Waals surface area contributed by atoms with Gasteiger partial charge in [-0.25, -0.2) is 9.79 Å². The molecule has 0 unspecified atom stereocenters. The van der Waals surface area contributed by atoms with Gasteiger partial charge in [0, 0.05) is 10.4 Å². The second-order valence-corrected chi connectivity index (χ2v) is 9.30. The van der Waals surface area contributed by atoms with Crippen LogP contribution in [0.1, 0.15) is 36.8 Å². The Morgan fingerprint density at radius 3 is 2.73 bits per heavy atom. The number of ether oxygens (including phenoxy) is 3. The molecule has 3 aromatic rings. The lowest BCUT2D eigenvalue weighted by molar-refractivity contribution is -0.136. The van der Waals surface area contributed by atoms with E-state index in [0.717, 1.165) is 11.3 Å². The van der Waals surface area contributed by atoms with Crippen LogP contribution in [0.5, 0.6) is 11.5 Å². The molecule has 0 saturated heterocycles. The standard InChI is InChI=1S/C24H24N2O5S2/c1-5-11-31-21-16(9-6-10-17(21)29-3)20-19(23(28)30-4)14(2)25-24-26(20)22(27)18(33-24)13-15-8-7-12-32-15/h6-10,12-13,20H,5,11H2,1-4H3/b18-13-/t20-/m1/s1. The zero-order chi connectivity index (χ0) is 23.5. The zero-order valence-corrected chi connectivity index (χ0v) is 20.4. The molecule has 0 spiro atoms. The molecule has 172 valence electrons. The van der Waals surface area contributed by atoms with Gasteiger partial charge in [0.1, 0.15) is 6.04 Å². The number of hydrogen-bond acceptors (Lipinski definition) is 8. The molecule has 0 bridgehead atoms. The summed E-state index contributed by atoms with van der Waals surface area (Å²) in [4.78, 5) is 32.6. The van der Waals surface area contributed by atoms with Crippen LogP contribution < -0.4 is 24.4 Å². The van der Waals surface area contributed by atoms with Crippen molar-refractivity contribution in [2.45, 2.75) is 26.3 Å². The Morgan fingerprint density at radius 2 is 2.06 bits per heavy atom. The maximum absolute atomic E-state index is 13.6. The number of nitrogens with zero attached hydrogens (tertiary/aromatic N) is 2. The second-order valence-electron chi connectivity index (χ2n) is 7.32. The summed E-state index contributed by atoms with van der Waals surface area (Å²) in [5.41, 5.74) is 1.21. The number of carbonyl (C=O) groups is 1. The monoisotopic (exact) mass is 484 g/mol. The molecule has 2 aromatic heterocycles. The van der Waals surface area contributed by atoms with E-state index in [1.165, 1.54) is 18.4 Å². The smallest absolute Gasteiger partial charge is 0.338 e. The Bertz CT molecular complexity index is 1380. The largest absolute Gasteiger partial charge is 0.493 e. The molecule has 4 rings (SSSR count). The highest BCUT2D eigenvalue weighted by Crippen LogP contribution is 2.40. The van der Waals surface area contributed by atoms with E-state index in [9.17, 15) is 9.59 Å². The SMILES string of the molecule is CCCOc1c(OC)cccc1[C@@H]1C(C(=O)OC)=C(C)N=c2s/c(=C\c3cccs3)c(=O)n21. The van der Waals surface area contributed by atoms with E-state index >= 15 is 0 Å². The lowest BCUT2D eigenvalue weighted by atomic mass is 9.94. The average molecular weight is 485 g/mol.